The van der Waals surface area contributed by atoms with Gasteiger partial charge in [0.1, 0.15) is 11.3 Å². The van der Waals surface area contributed by atoms with Crippen LogP contribution >= 0.6 is 39.1 Å². The van der Waals surface area contributed by atoms with Gasteiger partial charge in [0.2, 0.25) is 5.28 Å². The number of carbonyl (C=O) groups is 1. The maximum atomic E-state index is 14.4. The number of likely N-dealkylation sites (tertiary alicyclic amines) is 1. The molecule has 2 fully saturated rings. The van der Waals surface area contributed by atoms with E-state index < -0.39 is 11.9 Å². The Balaban J connectivity index is 1.83. The van der Waals surface area contributed by atoms with E-state index in [4.69, 9.17) is 23.2 Å². The highest BCUT2D eigenvalue weighted by molar-refractivity contribution is 9.10. The molecule has 1 aromatic heterocycles. The van der Waals surface area contributed by atoms with Crippen molar-refractivity contribution in [2.45, 2.75) is 18.5 Å². The zero-order valence-electron chi connectivity index (χ0n) is 12.0. The van der Waals surface area contributed by atoms with Gasteiger partial charge in [-0.2, -0.15) is 4.98 Å². The molecule has 4 rings (SSSR count). The molecule has 2 aromatic rings. The summed E-state index contributed by atoms with van der Waals surface area (Å²) in [6.07, 6.45) is -0.208. The maximum absolute atomic E-state index is 14.4. The molecule has 0 unspecified atom stereocenters. The molecule has 0 spiro atoms. The van der Waals surface area contributed by atoms with Crippen molar-refractivity contribution in [3.63, 3.8) is 0 Å². The Morgan fingerprint density at radius 1 is 1.33 bits per heavy atom. The van der Waals surface area contributed by atoms with E-state index in [-0.39, 0.29) is 27.9 Å². The first kappa shape index (κ1) is 16.1. The summed E-state index contributed by atoms with van der Waals surface area (Å²) in [4.78, 5) is 22.8. The highest BCUT2D eigenvalue weighted by Gasteiger charge is 2.46. The van der Waals surface area contributed by atoms with Gasteiger partial charge < -0.3 is 14.9 Å². The van der Waals surface area contributed by atoms with Crippen molar-refractivity contribution >= 4 is 61.9 Å². The molecule has 10 heteroatoms. The molecule has 24 heavy (non-hydrogen) atoms. The summed E-state index contributed by atoms with van der Waals surface area (Å²) in [6.45, 7) is 0.877. The van der Waals surface area contributed by atoms with Gasteiger partial charge in [-0.3, -0.25) is 0 Å². The van der Waals surface area contributed by atoms with E-state index >= 15 is 0 Å². The van der Waals surface area contributed by atoms with Crippen LogP contribution in [-0.4, -0.2) is 51.2 Å². The second-order valence-electron chi connectivity index (χ2n) is 5.83. The zero-order valence-corrected chi connectivity index (χ0v) is 15.1. The maximum Gasteiger partial charge on any atom is 0.407 e. The third-order valence-electron chi connectivity index (χ3n) is 4.54. The van der Waals surface area contributed by atoms with E-state index in [2.05, 4.69) is 25.9 Å². The molecule has 3 heterocycles. The number of halogens is 4. The molecule has 0 radical (unpaired) electrons. The molecule has 0 saturated carbocycles. The van der Waals surface area contributed by atoms with Crippen molar-refractivity contribution in [1.82, 2.24) is 14.9 Å². The van der Waals surface area contributed by atoms with Crippen LogP contribution in [0.1, 0.15) is 6.42 Å². The summed E-state index contributed by atoms with van der Waals surface area (Å²) in [5.74, 6) is -0.165. The first-order chi connectivity index (χ1) is 11.4. The normalized spacial score (nSPS) is 22.7. The Kier molecular flexibility index (Phi) is 3.74. The summed E-state index contributed by atoms with van der Waals surface area (Å²) in [5.41, 5.74) is 0.0519. The minimum Gasteiger partial charge on any atom is -0.465 e. The molecule has 6 nitrogen and oxygen atoms in total. The summed E-state index contributed by atoms with van der Waals surface area (Å²) in [6, 6.07) is 1.54. The molecule has 0 aliphatic carbocycles. The van der Waals surface area contributed by atoms with Crippen molar-refractivity contribution in [2.75, 3.05) is 18.0 Å². The quantitative estimate of drug-likeness (QED) is 0.545. The van der Waals surface area contributed by atoms with Crippen LogP contribution < -0.4 is 4.90 Å². The van der Waals surface area contributed by atoms with Crippen LogP contribution in [0.4, 0.5) is 15.0 Å². The van der Waals surface area contributed by atoms with E-state index in [0.29, 0.717) is 35.2 Å². The monoisotopic (exact) mass is 434 g/mol. The number of hydrogen-bond acceptors (Lipinski definition) is 4. The second kappa shape index (κ2) is 5.57. The summed E-state index contributed by atoms with van der Waals surface area (Å²) in [7, 11) is 0. The van der Waals surface area contributed by atoms with Crippen LogP contribution in [-0.2, 0) is 0 Å². The lowest BCUT2D eigenvalue weighted by Gasteiger charge is -2.33. The average molecular weight is 436 g/mol. The lowest BCUT2D eigenvalue weighted by molar-refractivity contribution is 0.137. The Hall–Kier alpha value is -1.38. The Morgan fingerprint density at radius 3 is 2.71 bits per heavy atom. The number of amides is 1. The highest BCUT2D eigenvalue weighted by Crippen LogP contribution is 2.40. The Labute approximate surface area is 154 Å². The summed E-state index contributed by atoms with van der Waals surface area (Å²) in [5, 5.41) is 9.55. The molecule has 2 saturated heterocycles. The third-order valence-corrected chi connectivity index (χ3v) is 5.93. The number of hydrogen-bond donors (Lipinski definition) is 1. The number of piperazine rings is 1. The number of anilines is 1. The number of nitrogens with zero attached hydrogens (tertiary/aromatic N) is 4. The third kappa shape index (κ3) is 2.31. The van der Waals surface area contributed by atoms with Crippen LogP contribution in [0.3, 0.4) is 0 Å². The van der Waals surface area contributed by atoms with Crippen molar-refractivity contribution in [2.24, 2.45) is 0 Å². The summed E-state index contributed by atoms with van der Waals surface area (Å²) < 4.78 is 14.8. The predicted octanol–water partition coefficient (Wildman–Crippen LogP) is 3.78. The van der Waals surface area contributed by atoms with Gasteiger partial charge in [0, 0.05) is 22.9 Å². The van der Waals surface area contributed by atoms with E-state index in [1.54, 1.807) is 6.07 Å². The number of carboxylic acid groups (broad SMARTS) is 1. The fourth-order valence-electron chi connectivity index (χ4n) is 3.51. The van der Waals surface area contributed by atoms with Crippen LogP contribution in [0.5, 0.6) is 0 Å². The fraction of sp³-hybridized carbons (Fsp3) is 0.357. The van der Waals surface area contributed by atoms with E-state index in [1.165, 1.54) is 4.90 Å². The lowest BCUT2D eigenvalue weighted by Crippen LogP contribution is -2.48. The van der Waals surface area contributed by atoms with Crippen molar-refractivity contribution in [3.05, 3.63) is 26.7 Å². The topological polar surface area (TPSA) is 69.6 Å². The minimum absolute atomic E-state index is 0.0159. The van der Waals surface area contributed by atoms with Crippen molar-refractivity contribution in [3.8, 4) is 0 Å². The van der Waals surface area contributed by atoms with E-state index in [0.717, 1.165) is 0 Å². The van der Waals surface area contributed by atoms with Gasteiger partial charge in [0.05, 0.1) is 17.1 Å². The van der Waals surface area contributed by atoms with E-state index in [1.807, 2.05) is 4.90 Å². The molecule has 1 amide bonds. The van der Waals surface area contributed by atoms with Gasteiger partial charge >= 0.3 is 6.09 Å². The standard InChI is InChI=1S/C14H10BrCl2FN4O2/c15-8-2-7-11(10(18)9(8)16)19-13(17)20-12(7)21-3-6-1-5(21)4-22(6)14(23)24/h2,5-6H,1,3-4H2,(H,23,24)/t5-,6-/m0/s1. The van der Waals surface area contributed by atoms with Gasteiger partial charge in [-0.05, 0) is 40.0 Å². The number of aromatic nitrogens is 2. The summed E-state index contributed by atoms with van der Waals surface area (Å²) >= 11 is 15.1. The number of rotatable bonds is 1. The van der Waals surface area contributed by atoms with Crippen LogP contribution in [0.25, 0.3) is 10.9 Å². The lowest BCUT2D eigenvalue weighted by atomic mass is 10.2. The van der Waals surface area contributed by atoms with Gasteiger partial charge in [-0.15, -0.1) is 0 Å². The first-order valence-electron chi connectivity index (χ1n) is 7.13. The number of benzene rings is 1. The smallest absolute Gasteiger partial charge is 0.407 e. The molecule has 2 atom stereocenters. The van der Waals surface area contributed by atoms with Gasteiger partial charge in [-0.25, -0.2) is 14.2 Å². The van der Waals surface area contributed by atoms with Crippen LogP contribution in [0, 0.1) is 5.82 Å². The molecular weight excluding hydrogens is 426 g/mol. The fourth-order valence-corrected chi connectivity index (χ4v) is 4.22. The van der Waals surface area contributed by atoms with Gasteiger partial charge in [0.25, 0.3) is 0 Å². The van der Waals surface area contributed by atoms with Crippen molar-refractivity contribution in [1.29, 1.82) is 0 Å². The Morgan fingerprint density at radius 2 is 2.08 bits per heavy atom. The molecule has 1 aromatic carbocycles. The van der Waals surface area contributed by atoms with Crippen LogP contribution in [0.15, 0.2) is 10.5 Å². The second-order valence-corrected chi connectivity index (χ2v) is 7.40. The first-order valence-corrected chi connectivity index (χ1v) is 8.68. The van der Waals surface area contributed by atoms with Gasteiger partial charge in [-0.1, -0.05) is 11.6 Å². The average Bonchev–Trinajstić information content (AvgIpc) is 3.13. The molecular formula is C14H10BrCl2FN4O2. The largest absolute Gasteiger partial charge is 0.465 e. The predicted molar refractivity (Wildman–Crippen MR) is 91.5 cm³/mol. The van der Waals surface area contributed by atoms with Gasteiger partial charge in [0.15, 0.2) is 5.82 Å². The SMILES string of the molecule is O=C(O)N1C[C@@H]2C[C@H]1CN2c1nc(Cl)nc2c(F)c(Cl)c(Br)cc12. The molecule has 1 N–H and O–H groups in total. The zero-order chi connectivity index (χ0) is 17.2. The van der Waals surface area contributed by atoms with Crippen LogP contribution in [0.2, 0.25) is 10.3 Å². The molecule has 2 bridgehead atoms. The molecule has 2 aliphatic rings. The van der Waals surface area contributed by atoms with E-state index in [9.17, 15) is 14.3 Å². The molecule has 126 valence electrons. The Bertz CT molecular complexity index is 884. The minimum atomic E-state index is -0.923. The molecule has 2 aliphatic heterocycles. The highest BCUT2D eigenvalue weighted by atomic mass is 79.9. The number of fused-ring (bicyclic) bond motifs is 3. The van der Waals surface area contributed by atoms with Crippen molar-refractivity contribution < 1.29 is 14.3 Å².